The van der Waals surface area contributed by atoms with Gasteiger partial charge in [-0.05, 0) is 18.2 Å². The maximum atomic E-state index is 10.7. The molecule has 3 aromatic rings. The number of hydrogen-bond donors (Lipinski definition) is 0. The Balaban J connectivity index is 1.71. The van der Waals surface area contributed by atoms with Crippen molar-refractivity contribution in [2.75, 3.05) is 0 Å². The summed E-state index contributed by atoms with van der Waals surface area (Å²) in [5, 5.41) is 19.0. The van der Waals surface area contributed by atoms with Gasteiger partial charge in [0.15, 0.2) is 6.61 Å². The molecule has 0 aliphatic rings. The molecule has 0 N–H and O–H groups in total. The Morgan fingerprint density at radius 1 is 1.12 bits per heavy atom. The van der Waals surface area contributed by atoms with Crippen LogP contribution in [0.2, 0.25) is 10.0 Å². The van der Waals surface area contributed by atoms with E-state index in [1.165, 1.54) is 18.2 Å². The minimum absolute atomic E-state index is 0.00834. The predicted octanol–water partition coefficient (Wildman–Crippen LogP) is 4.53. The highest BCUT2D eigenvalue weighted by Gasteiger charge is 2.14. The second kappa shape index (κ2) is 6.86. The van der Waals surface area contributed by atoms with Crippen molar-refractivity contribution >= 4 is 28.9 Å². The Labute approximate surface area is 145 Å². The SMILES string of the molecule is O=[N+]([O-])c1ccc(OCc2nnc(-c3ccccc3Cl)o2)cc1Cl. The molecule has 0 atom stereocenters. The van der Waals surface area contributed by atoms with E-state index < -0.39 is 4.92 Å². The number of aromatic nitrogens is 2. The van der Waals surface area contributed by atoms with E-state index in [-0.39, 0.29) is 29.1 Å². The van der Waals surface area contributed by atoms with E-state index in [1.807, 2.05) is 0 Å². The zero-order chi connectivity index (χ0) is 17.1. The molecule has 0 aliphatic heterocycles. The molecule has 0 fully saturated rings. The predicted molar refractivity (Wildman–Crippen MR) is 87.2 cm³/mol. The highest BCUT2D eigenvalue weighted by molar-refractivity contribution is 6.33. The number of hydrogen-bond acceptors (Lipinski definition) is 6. The fourth-order valence-electron chi connectivity index (χ4n) is 1.93. The van der Waals surface area contributed by atoms with Crippen LogP contribution in [0.5, 0.6) is 5.75 Å². The molecule has 0 unspecified atom stereocenters. The monoisotopic (exact) mass is 365 g/mol. The minimum atomic E-state index is -0.569. The van der Waals surface area contributed by atoms with Crippen LogP contribution in [0.4, 0.5) is 5.69 Å². The lowest BCUT2D eigenvalue weighted by atomic mass is 10.2. The third-order valence-corrected chi connectivity index (χ3v) is 3.68. The molecule has 24 heavy (non-hydrogen) atoms. The second-order valence-corrected chi connectivity index (χ2v) is 5.45. The average Bonchev–Trinajstić information content (AvgIpc) is 3.02. The van der Waals surface area contributed by atoms with Crippen molar-refractivity contribution < 1.29 is 14.1 Å². The van der Waals surface area contributed by atoms with Gasteiger partial charge in [0.25, 0.3) is 11.6 Å². The number of nitrogens with zero attached hydrogens (tertiary/aromatic N) is 3. The van der Waals surface area contributed by atoms with Crippen molar-refractivity contribution in [3.05, 3.63) is 68.5 Å². The number of ether oxygens (including phenoxy) is 1. The van der Waals surface area contributed by atoms with Gasteiger partial charge in [0.2, 0.25) is 5.89 Å². The van der Waals surface area contributed by atoms with Crippen molar-refractivity contribution in [3.8, 4) is 17.2 Å². The minimum Gasteiger partial charge on any atom is -0.484 e. The largest absolute Gasteiger partial charge is 0.484 e. The van der Waals surface area contributed by atoms with Gasteiger partial charge in [0.05, 0.1) is 15.5 Å². The maximum Gasteiger partial charge on any atom is 0.288 e. The van der Waals surface area contributed by atoms with Crippen LogP contribution in [-0.2, 0) is 6.61 Å². The Kier molecular flexibility index (Phi) is 4.64. The van der Waals surface area contributed by atoms with Gasteiger partial charge in [-0.25, -0.2) is 0 Å². The average molecular weight is 366 g/mol. The van der Waals surface area contributed by atoms with Crippen molar-refractivity contribution in [1.82, 2.24) is 10.2 Å². The molecule has 7 nitrogen and oxygen atoms in total. The van der Waals surface area contributed by atoms with E-state index in [0.29, 0.717) is 16.3 Å². The molecule has 0 saturated carbocycles. The number of nitro benzene ring substituents is 1. The normalized spacial score (nSPS) is 10.6. The second-order valence-electron chi connectivity index (χ2n) is 4.64. The lowest BCUT2D eigenvalue weighted by molar-refractivity contribution is -0.384. The van der Waals surface area contributed by atoms with Gasteiger partial charge < -0.3 is 9.15 Å². The Morgan fingerprint density at radius 2 is 1.92 bits per heavy atom. The third kappa shape index (κ3) is 3.47. The summed E-state index contributed by atoms with van der Waals surface area (Å²) in [6, 6.07) is 11.1. The number of nitro groups is 1. The lowest BCUT2D eigenvalue weighted by Crippen LogP contribution is -1.96. The molecular formula is C15H9Cl2N3O4. The Hall–Kier alpha value is -2.64. The number of halogens is 2. The van der Waals surface area contributed by atoms with E-state index in [9.17, 15) is 10.1 Å². The van der Waals surface area contributed by atoms with E-state index in [4.69, 9.17) is 32.4 Å². The van der Waals surface area contributed by atoms with E-state index in [1.54, 1.807) is 24.3 Å². The molecule has 0 aliphatic carbocycles. The smallest absolute Gasteiger partial charge is 0.288 e. The first-order chi connectivity index (χ1) is 11.5. The van der Waals surface area contributed by atoms with E-state index in [0.717, 1.165) is 0 Å². The molecule has 0 radical (unpaired) electrons. The molecular weight excluding hydrogens is 357 g/mol. The maximum absolute atomic E-state index is 10.7. The van der Waals surface area contributed by atoms with Gasteiger partial charge in [0.1, 0.15) is 10.8 Å². The van der Waals surface area contributed by atoms with Gasteiger partial charge in [-0.15, -0.1) is 10.2 Å². The molecule has 3 rings (SSSR count). The number of benzene rings is 2. The standard InChI is InChI=1S/C15H9Cl2N3O4/c16-11-4-2-1-3-10(11)15-19-18-14(24-15)8-23-9-5-6-13(20(21)22)12(17)7-9/h1-7H,8H2. The zero-order valence-electron chi connectivity index (χ0n) is 12.0. The fourth-order valence-corrected chi connectivity index (χ4v) is 2.38. The molecule has 1 aromatic heterocycles. The summed E-state index contributed by atoms with van der Waals surface area (Å²) in [6.45, 7) is -0.00834. The summed E-state index contributed by atoms with van der Waals surface area (Å²) in [6.07, 6.45) is 0. The van der Waals surface area contributed by atoms with Gasteiger partial charge in [-0.1, -0.05) is 35.3 Å². The number of rotatable bonds is 5. The highest BCUT2D eigenvalue weighted by Crippen LogP contribution is 2.29. The Bertz CT molecular complexity index is 898. The van der Waals surface area contributed by atoms with Crippen LogP contribution in [0.3, 0.4) is 0 Å². The van der Waals surface area contributed by atoms with Crippen LogP contribution < -0.4 is 4.74 Å². The van der Waals surface area contributed by atoms with E-state index in [2.05, 4.69) is 10.2 Å². The van der Waals surface area contributed by atoms with Crippen LogP contribution in [0.1, 0.15) is 5.89 Å². The first-order valence-electron chi connectivity index (χ1n) is 6.68. The summed E-state index contributed by atoms with van der Waals surface area (Å²) in [5.41, 5.74) is 0.430. The molecule has 0 saturated heterocycles. The molecule has 1 heterocycles. The topological polar surface area (TPSA) is 91.3 Å². The summed E-state index contributed by atoms with van der Waals surface area (Å²) < 4.78 is 10.9. The van der Waals surface area contributed by atoms with Gasteiger partial charge in [-0.2, -0.15) is 0 Å². The van der Waals surface area contributed by atoms with Crippen LogP contribution in [0.15, 0.2) is 46.9 Å². The van der Waals surface area contributed by atoms with Crippen LogP contribution in [0, 0.1) is 10.1 Å². The van der Waals surface area contributed by atoms with Crippen LogP contribution >= 0.6 is 23.2 Å². The molecule has 122 valence electrons. The van der Waals surface area contributed by atoms with E-state index >= 15 is 0 Å². The lowest BCUT2D eigenvalue weighted by Gasteiger charge is -2.03. The van der Waals surface area contributed by atoms with Gasteiger partial charge in [-0.3, -0.25) is 10.1 Å². The van der Waals surface area contributed by atoms with Crippen LogP contribution in [-0.4, -0.2) is 15.1 Å². The van der Waals surface area contributed by atoms with Crippen molar-refractivity contribution in [1.29, 1.82) is 0 Å². The highest BCUT2D eigenvalue weighted by atomic mass is 35.5. The molecule has 0 amide bonds. The van der Waals surface area contributed by atoms with Gasteiger partial charge in [0, 0.05) is 12.1 Å². The van der Waals surface area contributed by atoms with Crippen molar-refractivity contribution in [2.24, 2.45) is 0 Å². The zero-order valence-corrected chi connectivity index (χ0v) is 13.5. The first kappa shape index (κ1) is 16.2. The fraction of sp³-hybridized carbons (Fsp3) is 0.0667. The molecule has 2 aromatic carbocycles. The summed E-state index contributed by atoms with van der Waals surface area (Å²) in [4.78, 5) is 10.1. The third-order valence-electron chi connectivity index (χ3n) is 3.05. The first-order valence-corrected chi connectivity index (χ1v) is 7.44. The summed E-state index contributed by atoms with van der Waals surface area (Å²) >= 11 is 11.9. The summed E-state index contributed by atoms with van der Waals surface area (Å²) in [7, 11) is 0. The quantitative estimate of drug-likeness (QED) is 0.487. The molecule has 0 bridgehead atoms. The molecule has 9 heteroatoms. The summed E-state index contributed by atoms with van der Waals surface area (Å²) in [5.74, 6) is 0.864. The van der Waals surface area contributed by atoms with Crippen molar-refractivity contribution in [2.45, 2.75) is 6.61 Å². The molecule has 0 spiro atoms. The Morgan fingerprint density at radius 3 is 2.62 bits per heavy atom. The van der Waals surface area contributed by atoms with Crippen molar-refractivity contribution in [3.63, 3.8) is 0 Å². The van der Waals surface area contributed by atoms with Gasteiger partial charge >= 0.3 is 0 Å². The van der Waals surface area contributed by atoms with Crippen LogP contribution in [0.25, 0.3) is 11.5 Å².